The van der Waals surface area contributed by atoms with Gasteiger partial charge in [0.25, 0.3) is 0 Å². The van der Waals surface area contributed by atoms with Crippen LogP contribution >= 0.6 is 0 Å². The van der Waals surface area contributed by atoms with Crippen molar-refractivity contribution < 1.29 is 24.5 Å². The highest BCUT2D eigenvalue weighted by molar-refractivity contribution is 5.87. The highest BCUT2D eigenvalue weighted by Crippen LogP contribution is 2.20. The molecule has 0 bridgehead atoms. The molecule has 10 heteroatoms. The minimum absolute atomic E-state index is 0.163. The van der Waals surface area contributed by atoms with Crippen molar-refractivity contribution in [1.29, 1.82) is 0 Å². The molecule has 0 radical (unpaired) electrons. The maximum atomic E-state index is 11.2. The third kappa shape index (κ3) is 11.0. The van der Waals surface area contributed by atoms with Crippen molar-refractivity contribution in [3.05, 3.63) is 83.7 Å². The Morgan fingerprint density at radius 3 is 2.30 bits per heavy atom. The van der Waals surface area contributed by atoms with E-state index >= 15 is 0 Å². The van der Waals surface area contributed by atoms with Crippen LogP contribution in [0.2, 0.25) is 0 Å². The van der Waals surface area contributed by atoms with Crippen molar-refractivity contribution in [2.45, 2.75) is 45.1 Å². The van der Waals surface area contributed by atoms with Gasteiger partial charge in [-0.3, -0.25) is 14.6 Å². The molecule has 1 aliphatic heterocycles. The molecule has 2 aromatic carbocycles. The van der Waals surface area contributed by atoms with Gasteiger partial charge >= 0.3 is 11.9 Å². The Labute approximate surface area is 253 Å². The summed E-state index contributed by atoms with van der Waals surface area (Å²) in [6.45, 7) is 7.86. The molecule has 2 heterocycles. The largest absolute Gasteiger partial charge is 0.493 e. The van der Waals surface area contributed by atoms with Gasteiger partial charge in [0.15, 0.2) is 0 Å². The zero-order chi connectivity index (χ0) is 30.3. The van der Waals surface area contributed by atoms with E-state index in [1.54, 1.807) is 24.5 Å². The molecule has 0 amide bonds. The van der Waals surface area contributed by atoms with Gasteiger partial charge in [0.1, 0.15) is 5.75 Å². The van der Waals surface area contributed by atoms with Crippen LogP contribution in [0, 0.1) is 0 Å². The van der Waals surface area contributed by atoms with Gasteiger partial charge in [-0.1, -0.05) is 30.3 Å². The first-order chi connectivity index (χ1) is 21.0. The molecule has 4 rings (SSSR count). The second-order valence-corrected chi connectivity index (χ2v) is 10.9. The number of nitrogens with zero attached hydrogens (tertiary/aromatic N) is 5. The number of ether oxygens (including phenoxy) is 1. The lowest BCUT2D eigenvalue weighted by Crippen LogP contribution is -2.47. The number of hydrogen-bond donors (Lipinski definition) is 2. The fourth-order valence-electron chi connectivity index (χ4n) is 5.27. The summed E-state index contributed by atoms with van der Waals surface area (Å²) in [5, 5.41) is 18.2. The molecule has 1 aromatic heterocycles. The molecule has 1 saturated heterocycles. The van der Waals surface area contributed by atoms with Gasteiger partial charge in [-0.2, -0.15) is 0 Å². The number of aliphatic carboxylic acids is 1. The minimum Gasteiger partial charge on any atom is -0.493 e. The Kier molecular flexibility index (Phi) is 12.7. The molecular weight excluding hydrogens is 546 g/mol. The van der Waals surface area contributed by atoms with Gasteiger partial charge < -0.3 is 19.8 Å². The van der Waals surface area contributed by atoms with E-state index in [0.717, 1.165) is 94.3 Å². The second-order valence-electron chi connectivity index (χ2n) is 10.9. The number of carboxylic acid groups (broad SMARTS) is 2. The summed E-state index contributed by atoms with van der Waals surface area (Å²) < 4.78 is 6.23. The quantitative estimate of drug-likeness (QED) is 0.206. The van der Waals surface area contributed by atoms with Crippen LogP contribution in [0.4, 0.5) is 5.95 Å². The SMILES string of the molecule is O=C(O)CCCCN(CCc1ccccc1OCCCCN1CCN(c2ncccn2)CC1)Cc1ccc(C(=O)O)cc1. The number of unbranched alkanes of at least 4 members (excludes halogenated alkanes) is 2. The lowest BCUT2D eigenvalue weighted by molar-refractivity contribution is -0.137. The number of benzene rings is 2. The number of anilines is 1. The number of aromatic carboxylic acids is 1. The van der Waals surface area contributed by atoms with E-state index in [1.807, 2.05) is 36.4 Å². The van der Waals surface area contributed by atoms with Crippen molar-refractivity contribution in [3.8, 4) is 5.75 Å². The highest BCUT2D eigenvalue weighted by Gasteiger charge is 2.18. The van der Waals surface area contributed by atoms with Crippen LogP contribution in [0.25, 0.3) is 0 Å². The fourth-order valence-corrected chi connectivity index (χ4v) is 5.27. The molecule has 43 heavy (non-hydrogen) atoms. The third-order valence-corrected chi connectivity index (χ3v) is 7.73. The van der Waals surface area contributed by atoms with Gasteiger partial charge in [-0.25, -0.2) is 14.8 Å². The first kappa shape index (κ1) is 31.9. The number of carboxylic acids is 2. The summed E-state index contributed by atoms with van der Waals surface area (Å²) in [4.78, 5) is 37.9. The number of piperazine rings is 1. The van der Waals surface area contributed by atoms with Crippen LogP contribution in [-0.2, 0) is 17.8 Å². The van der Waals surface area contributed by atoms with E-state index in [-0.39, 0.29) is 12.0 Å². The lowest BCUT2D eigenvalue weighted by Gasteiger charge is -2.34. The maximum Gasteiger partial charge on any atom is 0.335 e. The average Bonchev–Trinajstić information content (AvgIpc) is 3.03. The molecule has 2 N–H and O–H groups in total. The molecule has 0 aliphatic carbocycles. The first-order valence-electron chi connectivity index (χ1n) is 15.2. The van der Waals surface area contributed by atoms with Crippen LogP contribution in [0.3, 0.4) is 0 Å². The topological polar surface area (TPSA) is 119 Å². The Bertz CT molecular complexity index is 1270. The smallest absolute Gasteiger partial charge is 0.335 e. The fraction of sp³-hybridized carbons (Fsp3) is 0.455. The second kappa shape index (κ2) is 17.2. The summed E-state index contributed by atoms with van der Waals surface area (Å²) in [7, 11) is 0. The molecule has 0 atom stereocenters. The van der Waals surface area contributed by atoms with E-state index < -0.39 is 11.9 Å². The number of hydrogen-bond acceptors (Lipinski definition) is 8. The predicted octanol–water partition coefficient (Wildman–Crippen LogP) is 4.46. The summed E-state index contributed by atoms with van der Waals surface area (Å²) in [6, 6.07) is 17.0. The van der Waals surface area contributed by atoms with E-state index in [4.69, 9.17) is 9.84 Å². The van der Waals surface area contributed by atoms with Crippen molar-refractivity contribution in [1.82, 2.24) is 19.8 Å². The van der Waals surface area contributed by atoms with Crippen LogP contribution in [-0.4, -0.2) is 94.3 Å². The van der Waals surface area contributed by atoms with Crippen molar-refractivity contribution in [3.63, 3.8) is 0 Å². The average molecular weight is 590 g/mol. The third-order valence-electron chi connectivity index (χ3n) is 7.73. The molecule has 3 aromatic rings. The maximum absolute atomic E-state index is 11.2. The van der Waals surface area contributed by atoms with Crippen LogP contribution in [0.15, 0.2) is 67.0 Å². The van der Waals surface area contributed by atoms with Gasteiger partial charge in [0.2, 0.25) is 5.95 Å². The first-order valence-corrected chi connectivity index (χ1v) is 15.2. The van der Waals surface area contributed by atoms with Gasteiger partial charge in [0, 0.05) is 58.1 Å². The Balaban J connectivity index is 1.21. The van der Waals surface area contributed by atoms with Crippen LogP contribution < -0.4 is 9.64 Å². The zero-order valence-electron chi connectivity index (χ0n) is 24.8. The minimum atomic E-state index is -0.939. The van der Waals surface area contributed by atoms with Gasteiger partial charge in [-0.05, 0) is 80.6 Å². The number of aromatic nitrogens is 2. The van der Waals surface area contributed by atoms with Crippen LogP contribution in [0.1, 0.15) is 53.6 Å². The molecule has 1 aliphatic rings. The highest BCUT2D eigenvalue weighted by atomic mass is 16.5. The Morgan fingerprint density at radius 1 is 0.837 bits per heavy atom. The summed E-state index contributed by atoms with van der Waals surface area (Å²) in [5.74, 6) is 0.00837. The predicted molar refractivity (Wildman–Crippen MR) is 166 cm³/mol. The van der Waals surface area contributed by atoms with E-state index in [0.29, 0.717) is 19.6 Å². The zero-order valence-corrected chi connectivity index (χ0v) is 24.8. The van der Waals surface area contributed by atoms with E-state index in [1.165, 1.54) is 0 Å². The van der Waals surface area contributed by atoms with Crippen molar-refractivity contribution in [2.24, 2.45) is 0 Å². The monoisotopic (exact) mass is 589 g/mol. The van der Waals surface area contributed by atoms with Crippen LogP contribution in [0.5, 0.6) is 5.75 Å². The standard InChI is InChI=1S/C33H43N5O5/c39-31(40)10-3-4-19-37(26-27-11-13-29(14-12-27)32(41)42)20-15-28-8-1-2-9-30(28)43-25-6-5-18-36-21-23-38(24-22-36)33-34-16-7-17-35-33/h1-2,7-9,11-14,16-17H,3-6,10,15,18-26H2,(H,39,40)(H,41,42). The normalized spacial score (nSPS) is 13.7. The Hall–Kier alpha value is -4.02. The lowest BCUT2D eigenvalue weighted by atomic mass is 10.1. The Morgan fingerprint density at radius 2 is 1.58 bits per heavy atom. The molecule has 10 nitrogen and oxygen atoms in total. The molecule has 230 valence electrons. The molecule has 0 saturated carbocycles. The van der Waals surface area contributed by atoms with E-state index in [2.05, 4.69) is 30.7 Å². The molecule has 0 unspecified atom stereocenters. The summed E-state index contributed by atoms with van der Waals surface area (Å²) in [6.07, 6.45) is 8.02. The van der Waals surface area contributed by atoms with Crippen molar-refractivity contribution >= 4 is 17.9 Å². The molecule has 0 spiro atoms. The number of para-hydroxylation sites is 1. The van der Waals surface area contributed by atoms with Gasteiger partial charge in [-0.15, -0.1) is 0 Å². The summed E-state index contributed by atoms with van der Waals surface area (Å²) in [5.41, 5.74) is 2.45. The van der Waals surface area contributed by atoms with Gasteiger partial charge in [0.05, 0.1) is 12.2 Å². The van der Waals surface area contributed by atoms with Crippen molar-refractivity contribution in [2.75, 3.05) is 57.3 Å². The molecule has 1 fully saturated rings. The summed E-state index contributed by atoms with van der Waals surface area (Å²) >= 11 is 0. The molecular formula is C33H43N5O5. The number of rotatable bonds is 18. The number of carbonyl (C=O) groups is 2. The van der Waals surface area contributed by atoms with E-state index in [9.17, 15) is 14.7 Å².